The normalized spacial score (nSPS) is 11.7. The van der Waals surface area contributed by atoms with E-state index in [1.807, 2.05) is 0 Å². The average molecular weight is 309 g/mol. The Kier molecular flexibility index (Phi) is 3.74. The van der Waals surface area contributed by atoms with Gasteiger partial charge in [-0.25, -0.2) is 4.39 Å². The number of alkyl halides is 3. The number of benzene rings is 2. The fourth-order valence-corrected chi connectivity index (χ4v) is 2.17. The molecule has 0 saturated heterocycles. The van der Waals surface area contributed by atoms with Crippen molar-refractivity contribution in [3.63, 3.8) is 0 Å². The average Bonchev–Trinajstić information content (AvgIpc) is 2.25. The molecule has 100 valence electrons. The fourth-order valence-electron chi connectivity index (χ4n) is 1.64. The van der Waals surface area contributed by atoms with Crippen LogP contribution < -0.4 is 0 Å². The van der Waals surface area contributed by atoms with Crippen LogP contribution in [0.25, 0.3) is 11.1 Å². The molecule has 0 N–H and O–H groups in total. The highest BCUT2D eigenvalue weighted by Crippen LogP contribution is 2.34. The lowest BCUT2D eigenvalue weighted by Crippen LogP contribution is -2.05. The standard InChI is InChI=1S/C13H6Cl2F4/c14-10-2-8(3-11(15)6-10)7-1-9(13(17,18)19)5-12(16)4-7/h1-6H. The third-order valence-electron chi connectivity index (χ3n) is 2.42. The topological polar surface area (TPSA) is 0 Å². The summed E-state index contributed by atoms with van der Waals surface area (Å²) in [6.07, 6.45) is -4.61. The lowest BCUT2D eigenvalue weighted by atomic mass is 10.0. The van der Waals surface area contributed by atoms with Gasteiger partial charge in [0, 0.05) is 10.0 Å². The molecule has 0 saturated carbocycles. The van der Waals surface area contributed by atoms with E-state index in [-0.39, 0.29) is 15.6 Å². The molecule has 0 nitrogen and oxygen atoms in total. The molecule has 0 unspecified atom stereocenters. The van der Waals surface area contributed by atoms with Crippen LogP contribution in [-0.2, 0) is 6.18 Å². The number of halogens is 6. The fraction of sp³-hybridized carbons (Fsp3) is 0.0769. The van der Waals surface area contributed by atoms with E-state index in [0.717, 1.165) is 12.1 Å². The molecule has 0 fully saturated rings. The van der Waals surface area contributed by atoms with Gasteiger partial charge in [-0.15, -0.1) is 0 Å². The molecule has 6 heteroatoms. The van der Waals surface area contributed by atoms with Crippen molar-refractivity contribution in [3.8, 4) is 11.1 Å². The van der Waals surface area contributed by atoms with Crippen LogP contribution in [0, 0.1) is 5.82 Å². The van der Waals surface area contributed by atoms with Crippen LogP contribution in [0.5, 0.6) is 0 Å². The van der Waals surface area contributed by atoms with E-state index in [0.29, 0.717) is 11.6 Å². The Bertz CT molecular complexity index is 600. The lowest BCUT2D eigenvalue weighted by molar-refractivity contribution is -0.137. The highest BCUT2D eigenvalue weighted by atomic mass is 35.5. The van der Waals surface area contributed by atoms with Crippen LogP contribution >= 0.6 is 23.2 Å². The van der Waals surface area contributed by atoms with E-state index in [4.69, 9.17) is 23.2 Å². The maximum Gasteiger partial charge on any atom is 0.416 e. The summed E-state index contributed by atoms with van der Waals surface area (Å²) >= 11 is 11.5. The molecule has 2 aromatic rings. The second-order valence-electron chi connectivity index (χ2n) is 3.88. The van der Waals surface area contributed by atoms with Gasteiger partial charge in [0.15, 0.2) is 0 Å². The van der Waals surface area contributed by atoms with Gasteiger partial charge in [-0.3, -0.25) is 0 Å². The summed E-state index contributed by atoms with van der Waals surface area (Å²) in [4.78, 5) is 0. The quantitative estimate of drug-likeness (QED) is 0.582. The molecule has 0 aliphatic carbocycles. The third kappa shape index (κ3) is 3.39. The summed E-state index contributed by atoms with van der Waals surface area (Å²) in [5.41, 5.74) is -0.669. The van der Waals surface area contributed by atoms with Gasteiger partial charge in [0.05, 0.1) is 5.56 Å². The van der Waals surface area contributed by atoms with Crippen LogP contribution in [-0.4, -0.2) is 0 Å². The van der Waals surface area contributed by atoms with Crippen molar-refractivity contribution in [3.05, 3.63) is 57.8 Å². The first kappa shape index (κ1) is 14.2. The van der Waals surface area contributed by atoms with Gasteiger partial charge >= 0.3 is 6.18 Å². The Morgan fingerprint density at radius 1 is 0.737 bits per heavy atom. The summed E-state index contributed by atoms with van der Waals surface area (Å²) in [6.45, 7) is 0. The zero-order valence-corrected chi connectivity index (χ0v) is 10.7. The molecule has 0 spiro atoms. The smallest absolute Gasteiger partial charge is 0.207 e. The maximum absolute atomic E-state index is 13.3. The van der Waals surface area contributed by atoms with Gasteiger partial charge in [-0.05, 0) is 47.5 Å². The van der Waals surface area contributed by atoms with Crippen molar-refractivity contribution in [2.45, 2.75) is 6.18 Å². The van der Waals surface area contributed by atoms with E-state index in [1.165, 1.54) is 18.2 Å². The molecule has 0 aliphatic rings. The van der Waals surface area contributed by atoms with Crippen molar-refractivity contribution in [1.29, 1.82) is 0 Å². The van der Waals surface area contributed by atoms with Gasteiger partial charge in [0.25, 0.3) is 0 Å². The van der Waals surface area contributed by atoms with Crippen LogP contribution in [0.15, 0.2) is 36.4 Å². The molecule has 0 atom stereocenters. The highest BCUT2D eigenvalue weighted by molar-refractivity contribution is 6.35. The van der Waals surface area contributed by atoms with E-state index in [9.17, 15) is 17.6 Å². The number of hydrogen-bond acceptors (Lipinski definition) is 0. The van der Waals surface area contributed by atoms with E-state index in [2.05, 4.69) is 0 Å². The monoisotopic (exact) mass is 308 g/mol. The van der Waals surface area contributed by atoms with Crippen molar-refractivity contribution < 1.29 is 17.6 Å². The predicted octanol–water partition coefficient (Wildman–Crippen LogP) is 5.82. The predicted molar refractivity (Wildman–Crippen MR) is 66.9 cm³/mol. The van der Waals surface area contributed by atoms with Gasteiger partial charge < -0.3 is 0 Å². The minimum Gasteiger partial charge on any atom is -0.207 e. The Morgan fingerprint density at radius 2 is 1.26 bits per heavy atom. The summed E-state index contributed by atoms with van der Waals surface area (Å²) in [5.74, 6) is -0.971. The second-order valence-corrected chi connectivity index (χ2v) is 4.76. The summed E-state index contributed by atoms with van der Waals surface area (Å²) in [7, 11) is 0. The molecule has 2 aromatic carbocycles. The van der Waals surface area contributed by atoms with Crippen molar-refractivity contribution in [2.24, 2.45) is 0 Å². The molecular formula is C13H6Cl2F4. The lowest BCUT2D eigenvalue weighted by Gasteiger charge is -2.10. The number of rotatable bonds is 1. The molecule has 0 amide bonds. The molecule has 19 heavy (non-hydrogen) atoms. The molecule has 0 bridgehead atoms. The van der Waals surface area contributed by atoms with Crippen LogP contribution in [0.4, 0.5) is 17.6 Å². The van der Waals surface area contributed by atoms with Crippen molar-refractivity contribution in [1.82, 2.24) is 0 Å². The zero-order valence-electron chi connectivity index (χ0n) is 9.23. The van der Waals surface area contributed by atoms with E-state index < -0.39 is 17.6 Å². The summed E-state index contributed by atoms with van der Waals surface area (Å²) in [6, 6.07) is 6.57. The van der Waals surface area contributed by atoms with Crippen LogP contribution in [0.3, 0.4) is 0 Å². The first-order chi connectivity index (χ1) is 8.75. The van der Waals surface area contributed by atoms with E-state index in [1.54, 1.807) is 0 Å². The molecule has 0 radical (unpaired) electrons. The van der Waals surface area contributed by atoms with Gasteiger partial charge in [0.2, 0.25) is 0 Å². The first-order valence-corrected chi connectivity index (χ1v) is 5.85. The van der Waals surface area contributed by atoms with E-state index >= 15 is 0 Å². The van der Waals surface area contributed by atoms with Crippen molar-refractivity contribution in [2.75, 3.05) is 0 Å². The van der Waals surface area contributed by atoms with Gasteiger partial charge in [0.1, 0.15) is 5.82 Å². The third-order valence-corrected chi connectivity index (χ3v) is 2.86. The SMILES string of the molecule is Fc1cc(-c2cc(Cl)cc(Cl)c2)cc(C(F)(F)F)c1. The van der Waals surface area contributed by atoms with Crippen molar-refractivity contribution >= 4 is 23.2 Å². The first-order valence-electron chi connectivity index (χ1n) is 5.10. The minimum atomic E-state index is -4.61. The number of hydrogen-bond donors (Lipinski definition) is 0. The summed E-state index contributed by atoms with van der Waals surface area (Å²) in [5, 5.41) is 0.528. The molecule has 0 aliphatic heterocycles. The Balaban J connectivity index is 2.59. The maximum atomic E-state index is 13.3. The highest BCUT2D eigenvalue weighted by Gasteiger charge is 2.31. The zero-order chi connectivity index (χ0) is 14.2. The Hall–Kier alpha value is -1.26. The largest absolute Gasteiger partial charge is 0.416 e. The molecular weight excluding hydrogens is 303 g/mol. The Morgan fingerprint density at radius 3 is 1.79 bits per heavy atom. The molecule has 0 aromatic heterocycles. The van der Waals surface area contributed by atoms with Crippen LogP contribution in [0.2, 0.25) is 10.0 Å². The second kappa shape index (κ2) is 5.02. The van der Waals surface area contributed by atoms with Crippen LogP contribution in [0.1, 0.15) is 5.56 Å². The minimum absolute atomic E-state index is 0.0664. The Labute approximate surface area is 116 Å². The molecule has 0 heterocycles. The van der Waals surface area contributed by atoms with Gasteiger partial charge in [-0.1, -0.05) is 23.2 Å². The molecule has 2 rings (SSSR count). The summed E-state index contributed by atoms with van der Waals surface area (Å²) < 4.78 is 51.1. The van der Waals surface area contributed by atoms with Gasteiger partial charge in [-0.2, -0.15) is 13.2 Å².